The van der Waals surface area contributed by atoms with Crippen molar-refractivity contribution in [3.63, 3.8) is 0 Å². The molecular formula is C18H16N2OS. The molecule has 0 unspecified atom stereocenters. The van der Waals surface area contributed by atoms with E-state index in [2.05, 4.69) is 27.8 Å². The molecule has 0 aliphatic rings. The molecule has 22 heavy (non-hydrogen) atoms. The van der Waals surface area contributed by atoms with Crippen LogP contribution in [0.2, 0.25) is 0 Å². The Bertz CT molecular complexity index is 763. The van der Waals surface area contributed by atoms with Gasteiger partial charge in [-0.05, 0) is 12.1 Å². The van der Waals surface area contributed by atoms with Crippen LogP contribution >= 0.6 is 11.3 Å². The highest BCUT2D eigenvalue weighted by Gasteiger charge is 2.06. The summed E-state index contributed by atoms with van der Waals surface area (Å²) in [6, 6.07) is 17.9. The zero-order valence-corrected chi connectivity index (χ0v) is 13.1. The first-order valence-electron chi connectivity index (χ1n) is 7.17. The molecule has 3 rings (SSSR count). The molecule has 0 bridgehead atoms. The number of thiazole rings is 1. The van der Waals surface area contributed by atoms with E-state index in [1.54, 1.807) is 11.3 Å². The second-order valence-electron chi connectivity index (χ2n) is 4.88. The van der Waals surface area contributed by atoms with Gasteiger partial charge in [-0.3, -0.25) is 4.79 Å². The molecule has 0 aliphatic heterocycles. The second kappa shape index (κ2) is 6.54. The molecule has 1 N–H and O–H groups in total. The lowest BCUT2D eigenvalue weighted by molar-refractivity contribution is -0.115. The van der Waals surface area contributed by atoms with Crippen LogP contribution in [0.3, 0.4) is 0 Å². The summed E-state index contributed by atoms with van der Waals surface area (Å²) in [7, 11) is 0. The zero-order chi connectivity index (χ0) is 15.4. The smallest absolute Gasteiger partial charge is 0.224 e. The molecule has 2 aromatic carbocycles. The minimum atomic E-state index is 0.0211. The van der Waals surface area contributed by atoms with Crippen LogP contribution in [-0.4, -0.2) is 10.9 Å². The van der Waals surface area contributed by atoms with Crippen LogP contribution in [-0.2, 0) is 4.79 Å². The van der Waals surface area contributed by atoms with Gasteiger partial charge in [-0.25, -0.2) is 4.98 Å². The Hall–Kier alpha value is -2.46. The van der Waals surface area contributed by atoms with E-state index in [1.165, 1.54) is 0 Å². The van der Waals surface area contributed by atoms with Crippen molar-refractivity contribution in [1.29, 1.82) is 0 Å². The van der Waals surface area contributed by atoms with Crippen LogP contribution in [0.1, 0.15) is 13.3 Å². The van der Waals surface area contributed by atoms with E-state index < -0.39 is 0 Å². The third kappa shape index (κ3) is 3.23. The van der Waals surface area contributed by atoms with Gasteiger partial charge < -0.3 is 5.32 Å². The van der Waals surface area contributed by atoms with Crippen molar-refractivity contribution in [3.05, 3.63) is 60.0 Å². The molecule has 0 radical (unpaired) electrons. The first kappa shape index (κ1) is 14.5. The Morgan fingerprint density at radius 3 is 2.45 bits per heavy atom. The maximum absolute atomic E-state index is 11.4. The normalized spacial score (nSPS) is 10.4. The SMILES string of the molecule is CCC(=O)Nc1ccc(-c2csc(-c3ccccc3)n2)cc1. The Morgan fingerprint density at radius 2 is 1.77 bits per heavy atom. The number of aromatic nitrogens is 1. The minimum absolute atomic E-state index is 0.0211. The highest BCUT2D eigenvalue weighted by Crippen LogP contribution is 2.29. The maximum Gasteiger partial charge on any atom is 0.224 e. The summed E-state index contributed by atoms with van der Waals surface area (Å²) in [6.07, 6.45) is 0.480. The minimum Gasteiger partial charge on any atom is -0.326 e. The molecule has 4 heteroatoms. The van der Waals surface area contributed by atoms with Gasteiger partial charge in [0, 0.05) is 28.6 Å². The molecule has 3 nitrogen and oxygen atoms in total. The molecule has 0 atom stereocenters. The predicted octanol–water partition coefficient (Wildman–Crippen LogP) is 4.83. The maximum atomic E-state index is 11.4. The van der Waals surface area contributed by atoms with Gasteiger partial charge in [0.25, 0.3) is 0 Å². The average molecular weight is 308 g/mol. The van der Waals surface area contributed by atoms with Crippen LogP contribution in [0.15, 0.2) is 60.0 Å². The number of anilines is 1. The molecule has 0 saturated heterocycles. The van der Waals surface area contributed by atoms with Crippen LogP contribution in [0.4, 0.5) is 5.69 Å². The molecule has 1 aromatic heterocycles. The molecule has 110 valence electrons. The Morgan fingerprint density at radius 1 is 1.05 bits per heavy atom. The van der Waals surface area contributed by atoms with Gasteiger partial charge in [0.15, 0.2) is 0 Å². The van der Waals surface area contributed by atoms with Crippen molar-refractivity contribution in [1.82, 2.24) is 4.98 Å². The van der Waals surface area contributed by atoms with E-state index >= 15 is 0 Å². The summed E-state index contributed by atoms with van der Waals surface area (Å²) in [5.41, 5.74) is 3.95. The van der Waals surface area contributed by atoms with Gasteiger partial charge in [-0.15, -0.1) is 11.3 Å². The second-order valence-corrected chi connectivity index (χ2v) is 5.74. The Kier molecular flexibility index (Phi) is 4.30. The molecule has 1 amide bonds. The average Bonchev–Trinajstić information content (AvgIpc) is 3.06. The number of carbonyl (C=O) groups is 1. The van der Waals surface area contributed by atoms with Crippen LogP contribution in [0.25, 0.3) is 21.8 Å². The van der Waals surface area contributed by atoms with Crippen LogP contribution < -0.4 is 5.32 Å². The third-order valence-corrected chi connectivity index (χ3v) is 4.20. The van der Waals surface area contributed by atoms with E-state index in [4.69, 9.17) is 0 Å². The standard InChI is InChI=1S/C18H16N2OS/c1-2-17(21)19-15-10-8-13(9-11-15)16-12-22-18(20-16)14-6-4-3-5-7-14/h3-12H,2H2,1H3,(H,19,21). The zero-order valence-electron chi connectivity index (χ0n) is 12.2. The summed E-state index contributed by atoms with van der Waals surface area (Å²) in [6.45, 7) is 1.84. The van der Waals surface area contributed by atoms with E-state index in [9.17, 15) is 4.79 Å². The monoisotopic (exact) mass is 308 g/mol. The van der Waals surface area contributed by atoms with E-state index in [0.29, 0.717) is 6.42 Å². The summed E-state index contributed by atoms with van der Waals surface area (Å²) in [4.78, 5) is 16.1. The van der Waals surface area contributed by atoms with Gasteiger partial charge in [-0.1, -0.05) is 49.4 Å². The third-order valence-electron chi connectivity index (χ3n) is 3.31. The lowest BCUT2D eigenvalue weighted by atomic mass is 10.1. The summed E-state index contributed by atoms with van der Waals surface area (Å²) in [5.74, 6) is 0.0211. The number of rotatable bonds is 4. The van der Waals surface area contributed by atoms with Gasteiger partial charge in [-0.2, -0.15) is 0 Å². The fourth-order valence-electron chi connectivity index (χ4n) is 2.09. The van der Waals surface area contributed by atoms with Gasteiger partial charge in [0.05, 0.1) is 5.69 Å². The molecule has 0 saturated carbocycles. The van der Waals surface area contributed by atoms with Crippen molar-refractivity contribution < 1.29 is 4.79 Å². The topological polar surface area (TPSA) is 42.0 Å². The lowest BCUT2D eigenvalue weighted by Crippen LogP contribution is -2.08. The number of hydrogen-bond donors (Lipinski definition) is 1. The van der Waals surface area contributed by atoms with Crippen molar-refractivity contribution in [2.75, 3.05) is 5.32 Å². The number of hydrogen-bond acceptors (Lipinski definition) is 3. The largest absolute Gasteiger partial charge is 0.326 e. The predicted molar refractivity (Wildman–Crippen MR) is 91.9 cm³/mol. The quantitative estimate of drug-likeness (QED) is 0.750. The van der Waals surface area contributed by atoms with Crippen molar-refractivity contribution >= 4 is 22.9 Å². The van der Waals surface area contributed by atoms with E-state index in [-0.39, 0.29) is 5.91 Å². The Labute approximate surface area is 133 Å². The summed E-state index contributed by atoms with van der Waals surface area (Å²) in [5, 5.41) is 5.92. The number of nitrogens with zero attached hydrogens (tertiary/aromatic N) is 1. The molecule has 0 fully saturated rings. The van der Waals surface area contributed by atoms with Gasteiger partial charge in [0.2, 0.25) is 5.91 Å². The van der Waals surface area contributed by atoms with Crippen molar-refractivity contribution in [3.8, 4) is 21.8 Å². The lowest BCUT2D eigenvalue weighted by Gasteiger charge is -2.04. The highest BCUT2D eigenvalue weighted by atomic mass is 32.1. The fraction of sp³-hybridized carbons (Fsp3) is 0.111. The van der Waals surface area contributed by atoms with Gasteiger partial charge >= 0.3 is 0 Å². The molecule has 3 aromatic rings. The van der Waals surface area contributed by atoms with E-state index in [0.717, 1.165) is 27.5 Å². The van der Waals surface area contributed by atoms with E-state index in [1.807, 2.05) is 49.4 Å². The Balaban J connectivity index is 1.80. The van der Waals surface area contributed by atoms with Crippen LogP contribution in [0.5, 0.6) is 0 Å². The molecular weight excluding hydrogens is 292 g/mol. The first-order chi connectivity index (χ1) is 10.8. The molecule has 0 spiro atoms. The molecule has 0 aliphatic carbocycles. The first-order valence-corrected chi connectivity index (χ1v) is 8.05. The van der Waals surface area contributed by atoms with Crippen LogP contribution in [0, 0.1) is 0 Å². The van der Waals surface area contributed by atoms with Crippen molar-refractivity contribution in [2.45, 2.75) is 13.3 Å². The summed E-state index contributed by atoms with van der Waals surface area (Å²) < 4.78 is 0. The number of benzene rings is 2. The highest BCUT2D eigenvalue weighted by molar-refractivity contribution is 7.13. The number of nitrogens with one attached hydrogen (secondary N) is 1. The summed E-state index contributed by atoms with van der Waals surface area (Å²) >= 11 is 1.64. The number of carbonyl (C=O) groups excluding carboxylic acids is 1. The van der Waals surface area contributed by atoms with Crippen molar-refractivity contribution in [2.24, 2.45) is 0 Å². The molecule has 1 heterocycles. The number of amides is 1. The van der Waals surface area contributed by atoms with Gasteiger partial charge in [0.1, 0.15) is 5.01 Å². The fourth-order valence-corrected chi connectivity index (χ4v) is 2.93.